The number of carboxylic acid groups (broad SMARTS) is 1. The average molecular weight is 181 g/mol. The fraction of sp³-hybridized carbons (Fsp3) is 0.375. The fourth-order valence-electron chi connectivity index (χ4n) is 0.964. The van der Waals surface area contributed by atoms with Crippen molar-refractivity contribution < 1.29 is 9.90 Å². The number of nitrogens with zero attached hydrogens (tertiary/aromatic N) is 3. The van der Waals surface area contributed by atoms with Crippen LogP contribution in [0.2, 0.25) is 0 Å². The molecular weight excluding hydrogens is 170 g/mol. The standard InChI is InChI=1S/C8H11N3O2/c1-5(2)4-11-6(3)7(8(12)13)9-10-11/h1,4H2,2-3H3,(H,12,13). The number of allylic oxidation sites excluding steroid dienone is 1. The highest BCUT2D eigenvalue weighted by Gasteiger charge is 2.14. The lowest BCUT2D eigenvalue weighted by Crippen LogP contribution is -2.05. The highest BCUT2D eigenvalue weighted by molar-refractivity contribution is 5.86. The zero-order valence-corrected chi connectivity index (χ0v) is 7.61. The van der Waals surface area contributed by atoms with Crippen LogP contribution in [0.3, 0.4) is 0 Å². The molecule has 0 fully saturated rings. The topological polar surface area (TPSA) is 68.0 Å². The van der Waals surface area contributed by atoms with E-state index in [-0.39, 0.29) is 5.69 Å². The summed E-state index contributed by atoms with van der Waals surface area (Å²) in [4.78, 5) is 10.6. The van der Waals surface area contributed by atoms with Crippen molar-refractivity contribution in [3.63, 3.8) is 0 Å². The maximum absolute atomic E-state index is 10.6. The van der Waals surface area contributed by atoms with Gasteiger partial charge in [-0.05, 0) is 13.8 Å². The first kappa shape index (κ1) is 9.44. The molecule has 0 aliphatic carbocycles. The van der Waals surface area contributed by atoms with Crippen molar-refractivity contribution in [1.82, 2.24) is 15.0 Å². The second-order valence-corrected chi connectivity index (χ2v) is 2.94. The molecule has 1 rings (SSSR count). The Balaban J connectivity index is 2.99. The SMILES string of the molecule is C=C(C)Cn1nnc(C(=O)O)c1C. The van der Waals surface area contributed by atoms with Crippen molar-refractivity contribution in [3.05, 3.63) is 23.5 Å². The van der Waals surface area contributed by atoms with Gasteiger partial charge in [0.2, 0.25) is 0 Å². The van der Waals surface area contributed by atoms with E-state index in [0.717, 1.165) is 5.57 Å². The molecule has 0 saturated heterocycles. The lowest BCUT2D eigenvalue weighted by atomic mass is 10.3. The third-order valence-corrected chi connectivity index (χ3v) is 1.60. The molecule has 70 valence electrons. The minimum Gasteiger partial charge on any atom is -0.476 e. The van der Waals surface area contributed by atoms with Gasteiger partial charge in [-0.2, -0.15) is 0 Å². The van der Waals surface area contributed by atoms with Crippen LogP contribution in [0, 0.1) is 6.92 Å². The van der Waals surface area contributed by atoms with Crippen LogP contribution in [0.5, 0.6) is 0 Å². The molecule has 0 spiro atoms. The molecule has 0 unspecified atom stereocenters. The molecule has 0 amide bonds. The van der Waals surface area contributed by atoms with Gasteiger partial charge in [-0.15, -0.1) is 5.10 Å². The van der Waals surface area contributed by atoms with Gasteiger partial charge in [0.25, 0.3) is 0 Å². The molecule has 5 heteroatoms. The predicted molar refractivity (Wildman–Crippen MR) is 46.5 cm³/mol. The predicted octanol–water partition coefficient (Wildman–Crippen LogP) is 0.861. The molecule has 5 nitrogen and oxygen atoms in total. The third kappa shape index (κ3) is 1.93. The van der Waals surface area contributed by atoms with Gasteiger partial charge >= 0.3 is 5.97 Å². The Morgan fingerprint density at radius 1 is 1.69 bits per heavy atom. The number of carbonyl (C=O) groups is 1. The van der Waals surface area contributed by atoms with E-state index < -0.39 is 5.97 Å². The maximum Gasteiger partial charge on any atom is 0.358 e. The number of hydrogen-bond donors (Lipinski definition) is 1. The summed E-state index contributed by atoms with van der Waals surface area (Å²) in [6.45, 7) is 7.74. The molecule has 0 aliphatic rings. The molecule has 0 radical (unpaired) electrons. The molecule has 0 aliphatic heterocycles. The first-order valence-electron chi connectivity index (χ1n) is 3.80. The summed E-state index contributed by atoms with van der Waals surface area (Å²) in [5, 5.41) is 15.9. The fourth-order valence-corrected chi connectivity index (χ4v) is 0.964. The molecule has 0 aromatic carbocycles. The third-order valence-electron chi connectivity index (χ3n) is 1.60. The number of hydrogen-bond acceptors (Lipinski definition) is 3. The van der Waals surface area contributed by atoms with Crippen molar-refractivity contribution in [2.45, 2.75) is 20.4 Å². The summed E-state index contributed by atoms with van der Waals surface area (Å²) in [7, 11) is 0. The number of aromatic nitrogens is 3. The highest BCUT2D eigenvalue weighted by atomic mass is 16.4. The highest BCUT2D eigenvalue weighted by Crippen LogP contribution is 2.05. The van der Waals surface area contributed by atoms with E-state index in [1.807, 2.05) is 6.92 Å². The summed E-state index contributed by atoms with van der Waals surface area (Å²) in [5.41, 5.74) is 1.46. The molecule has 1 N–H and O–H groups in total. The summed E-state index contributed by atoms with van der Waals surface area (Å²) in [6.07, 6.45) is 0. The normalized spacial score (nSPS) is 10.0. The van der Waals surface area contributed by atoms with Crippen LogP contribution in [-0.2, 0) is 6.54 Å². The Labute approximate surface area is 75.7 Å². The van der Waals surface area contributed by atoms with Crippen LogP contribution in [0.1, 0.15) is 23.1 Å². The van der Waals surface area contributed by atoms with Gasteiger partial charge in [0, 0.05) is 0 Å². The summed E-state index contributed by atoms with van der Waals surface area (Å²) in [6, 6.07) is 0. The summed E-state index contributed by atoms with van der Waals surface area (Å²) < 4.78 is 1.52. The van der Waals surface area contributed by atoms with Crippen molar-refractivity contribution >= 4 is 5.97 Å². The Bertz CT molecular complexity index is 354. The minimum atomic E-state index is -1.05. The van der Waals surface area contributed by atoms with Gasteiger partial charge in [-0.3, -0.25) is 0 Å². The van der Waals surface area contributed by atoms with Crippen molar-refractivity contribution in [2.24, 2.45) is 0 Å². The van der Waals surface area contributed by atoms with Crippen LogP contribution in [0.25, 0.3) is 0 Å². The van der Waals surface area contributed by atoms with Gasteiger partial charge in [-0.25, -0.2) is 9.48 Å². The lowest BCUT2D eigenvalue weighted by molar-refractivity contribution is 0.0689. The molecule has 0 atom stereocenters. The quantitative estimate of drug-likeness (QED) is 0.702. The molecule has 0 bridgehead atoms. The van der Waals surface area contributed by atoms with E-state index >= 15 is 0 Å². The molecule has 0 saturated carbocycles. The number of rotatable bonds is 3. The smallest absolute Gasteiger partial charge is 0.358 e. The minimum absolute atomic E-state index is 0.00116. The van der Waals surface area contributed by atoms with Gasteiger partial charge in [0.1, 0.15) is 0 Å². The lowest BCUT2D eigenvalue weighted by Gasteiger charge is -2.00. The Kier molecular flexibility index (Phi) is 2.46. The van der Waals surface area contributed by atoms with Gasteiger partial charge in [0.05, 0.1) is 12.2 Å². The van der Waals surface area contributed by atoms with E-state index in [4.69, 9.17) is 5.11 Å². The van der Waals surface area contributed by atoms with E-state index in [1.54, 1.807) is 6.92 Å². The second-order valence-electron chi connectivity index (χ2n) is 2.94. The molecule has 1 heterocycles. The van der Waals surface area contributed by atoms with E-state index in [9.17, 15) is 4.79 Å². The Hall–Kier alpha value is -1.65. The summed E-state index contributed by atoms with van der Waals surface area (Å²) in [5.74, 6) is -1.05. The number of aromatic carboxylic acids is 1. The summed E-state index contributed by atoms with van der Waals surface area (Å²) >= 11 is 0. The van der Waals surface area contributed by atoms with Gasteiger partial charge < -0.3 is 5.11 Å². The first-order valence-corrected chi connectivity index (χ1v) is 3.80. The molecule has 1 aromatic heterocycles. The zero-order valence-electron chi connectivity index (χ0n) is 7.61. The zero-order chi connectivity index (χ0) is 10.0. The van der Waals surface area contributed by atoms with Crippen molar-refractivity contribution in [2.75, 3.05) is 0 Å². The second kappa shape index (κ2) is 3.38. The van der Waals surface area contributed by atoms with Crippen molar-refractivity contribution in [1.29, 1.82) is 0 Å². The number of carboxylic acids is 1. The Morgan fingerprint density at radius 2 is 2.31 bits per heavy atom. The molecule has 1 aromatic rings. The monoisotopic (exact) mass is 181 g/mol. The van der Waals surface area contributed by atoms with Crippen molar-refractivity contribution in [3.8, 4) is 0 Å². The average Bonchev–Trinajstić information content (AvgIpc) is 2.32. The van der Waals surface area contributed by atoms with Crippen LogP contribution < -0.4 is 0 Å². The van der Waals surface area contributed by atoms with E-state index in [2.05, 4.69) is 16.9 Å². The molecular formula is C8H11N3O2. The van der Waals surface area contributed by atoms with Gasteiger partial charge in [0.15, 0.2) is 5.69 Å². The van der Waals surface area contributed by atoms with Crippen LogP contribution in [0.15, 0.2) is 12.2 Å². The van der Waals surface area contributed by atoms with Gasteiger partial charge in [-0.1, -0.05) is 17.4 Å². The van der Waals surface area contributed by atoms with Crippen LogP contribution in [-0.4, -0.2) is 26.1 Å². The van der Waals surface area contributed by atoms with E-state index in [1.165, 1.54) is 4.68 Å². The van der Waals surface area contributed by atoms with Crippen LogP contribution >= 0.6 is 0 Å². The molecule has 13 heavy (non-hydrogen) atoms. The Morgan fingerprint density at radius 3 is 2.69 bits per heavy atom. The maximum atomic E-state index is 10.6. The first-order chi connectivity index (χ1) is 6.02. The van der Waals surface area contributed by atoms with Crippen LogP contribution in [0.4, 0.5) is 0 Å². The van der Waals surface area contributed by atoms with E-state index in [0.29, 0.717) is 12.2 Å². The largest absolute Gasteiger partial charge is 0.476 e.